The number of hydrogen-bond acceptors (Lipinski definition) is 5. The second-order valence-electron chi connectivity index (χ2n) is 4.41. The molecule has 21 heavy (non-hydrogen) atoms. The van der Waals surface area contributed by atoms with Crippen molar-refractivity contribution < 1.29 is 23.8 Å². The summed E-state index contributed by atoms with van der Waals surface area (Å²) in [5.74, 6) is 0.266. The molecule has 0 heterocycles. The molecule has 0 aliphatic heterocycles. The first-order valence-electron chi connectivity index (χ1n) is 6.69. The van der Waals surface area contributed by atoms with Crippen LogP contribution in [0.4, 0.5) is 0 Å². The minimum Gasteiger partial charge on any atom is -0.493 e. The number of ether oxygens (including phenoxy) is 3. The van der Waals surface area contributed by atoms with E-state index in [0.29, 0.717) is 11.5 Å². The highest BCUT2D eigenvalue weighted by Crippen LogP contribution is 2.26. The molecule has 1 atom stereocenters. The van der Waals surface area contributed by atoms with Crippen molar-refractivity contribution >= 4 is 11.9 Å². The third-order valence-electron chi connectivity index (χ3n) is 2.77. The van der Waals surface area contributed by atoms with Crippen LogP contribution >= 0.6 is 0 Å². The highest BCUT2D eigenvalue weighted by atomic mass is 16.5. The van der Waals surface area contributed by atoms with Crippen molar-refractivity contribution in [3.05, 3.63) is 24.3 Å². The summed E-state index contributed by atoms with van der Waals surface area (Å²) < 4.78 is 15.6. The lowest BCUT2D eigenvalue weighted by molar-refractivity contribution is -0.150. The number of esters is 1. The van der Waals surface area contributed by atoms with Crippen LogP contribution in [0.25, 0.3) is 0 Å². The maximum absolute atomic E-state index is 12.1. The van der Waals surface area contributed by atoms with E-state index in [1.807, 2.05) is 6.07 Å². The molecule has 0 spiro atoms. The standard InChI is InChI=1S/C15H21NO5/c1-5-20-14(17)10-16(3)15(18)11(2)21-13-9-7-6-8-12(13)19-4/h6-9,11H,5,10H2,1-4H3. The Balaban J connectivity index is 2.63. The lowest BCUT2D eigenvalue weighted by atomic mass is 10.3. The summed E-state index contributed by atoms with van der Waals surface area (Å²) >= 11 is 0. The topological polar surface area (TPSA) is 65.1 Å². The summed E-state index contributed by atoms with van der Waals surface area (Å²) in [5, 5.41) is 0. The first kappa shape index (κ1) is 16.8. The Bertz CT molecular complexity index is 489. The van der Waals surface area contributed by atoms with Gasteiger partial charge in [-0.3, -0.25) is 9.59 Å². The van der Waals surface area contributed by atoms with Crippen LogP contribution in [0.5, 0.6) is 11.5 Å². The van der Waals surface area contributed by atoms with Crippen LogP contribution in [0.1, 0.15) is 13.8 Å². The van der Waals surface area contributed by atoms with Crippen LogP contribution in [0.3, 0.4) is 0 Å². The van der Waals surface area contributed by atoms with Crippen molar-refractivity contribution in [1.82, 2.24) is 4.90 Å². The predicted octanol–water partition coefficient (Wildman–Crippen LogP) is 1.48. The fraction of sp³-hybridized carbons (Fsp3) is 0.467. The number of carbonyl (C=O) groups is 2. The number of rotatable bonds is 7. The van der Waals surface area contributed by atoms with Crippen molar-refractivity contribution in [2.24, 2.45) is 0 Å². The average Bonchev–Trinajstić information content (AvgIpc) is 2.47. The molecule has 1 amide bonds. The van der Waals surface area contributed by atoms with E-state index in [2.05, 4.69) is 0 Å². The van der Waals surface area contributed by atoms with Gasteiger partial charge >= 0.3 is 5.97 Å². The molecule has 1 unspecified atom stereocenters. The minimum absolute atomic E-state index is 0.105. The lowest BCUT2D eigenvalue weighted by Crippen LogP contribution is -2.41. The number of para-hydroxylation sites is 2. The molecular weight excluding hydrogens is 274 g/mol. The van der Waals surface area contributed by atoms with Crippen molar-refractivity contribution in [3.8, 4) is 11.5 Å². The normalized spacial score (nSPS) is 11.4. The number of nitrogens with zero attached hydrogens (tertiary/aromatic N) is 1. The van der Waals surface area contributed by atoms with Crippen molar-refractivity contribution in [3.63, 3.8) is 0 Å². The van der Waals surface area contributed by atoms with Gasteiger partial charge in [-0.15, -0.1) is 0 Å². The molecule has 0 radical (unpaired) electrons. The summed E-state index contributed by atoms with van der Waals surface area (Å²) in [7, 11) is 3.06. The van der Waals surface area contributed by atoms with Crippen LogP contribution in [0.15, 0.2) is 24.3 Å². The van der Waals surface area contributed by atoms with E-state index < -0.39 is 12.1 Å². The van der Waals surface area contributed by atoms with Crippen molar-refractivity contribution in [2.75, 3.05) is 27.3 Å². The molecule has 0 N–H and O–H groups in total. The number of methoxy groups -OCH3 is 1. The number of likely N-dealkylation sites (N-methyl/N-ethyl adjacent to an activating group) is 1. The molecule has 1 aromatic rings. The highest BCUT2D eigenvalue weighted by molar-refractivity contribution is 5.84. The van der Waals surface area contributed by atoms with Gasteiger partial charge < -0.3 is 19.1 Å². The maximum atomic E-state index is 12.1. The monoisotopic (exact) mass is 295 g/mol. The Hall–Kier alpha value is -2.24. The first-order valence-corrected chi connectivity index (χ1v) is 6.69. The Labute approximate surface area is 124 Å². The van der Waals surface area contributed by atoms with Crippen LogP contribution in [0, 0.1) is 0 Å². The van der Waals surface area contributed by atoms with Gasteiger partial charge in [-0.2, -0.15) is 0 Å². The van der Waals surface area contributed by atoms with Gasteiger partial charge in [-0.25, -0.2) is 0 Å². The van der Waals surface area contributed by atoms with Crippen molar-refractivity contribution in [2.45, 2.75) is 20.0 Å². The SMILES string of the molecule is CCOC(=O)CN(C)C(=O)C(C)Oc1ccccc1OC. The third kappa shape index (κ3) is 4.98. The van der Waals surface area contributed by atoms with Gasteiger partial charge in [0.05, 0.1) is 13.7 Å². The molecule has 0 aliphatic rings. The zero-order chi connectivity index (χ0) is 15.8. The molecular formula is C15H21NO5. The number of benzene rings is 1. The summed E-state index contributed by atoms with van der Waals surface area (Å²) in [4.78, 5) is 24.8. The van der Waals surface area contributed by atoms with Crippen LogP contribution < -0.4 is 9.47 Å². The number of hydrogen-bond donors (Lipinski definition) is 0. The Morgan fingerprint density at radius 3 is 2.43 bits per heavy atom. The Morgan fingerprint density at radius 2 is 1.86 bits per heavy atom. The molecule has 6 nitrogen and oxygen atoms in total. The van der Waals surface area contributed by atoms with Crippen molar-refractivity contribution in [1.29, 1.82) is 0 Å². The van der Waals surface area contributed by atoms with E-state index >= 15 is 0 Å². The van der Waals surface area contributed by atoms with E-state index in [9.17, 15) is 9.59 Å². The average molecular weight is 295 g/mol. The fourth-order valence-electron chi connectivity index (χ4n) is 1.75. The minimum atomic E-state index is -0.735. The van der Waals surface area contributed by atoms with Gasteiger partial charge in [-0.05, 0) is 26.0 Å². The van der Waals surface area contributed by atoms with E-state index in [1.54, 1.807) is 32.0 Å². The molecule has 0 bridgehead atoms. The smallest absolute Gasteiger partial charge is 0.325 e. The predicted molar refractivity (Wildman–Crippen MR) is 77.4 cm³/mol. The molecule has 0 fully saturated rings. The molecule has 1 rings (SSSR count). The van der Waals surface area contributed by atoms with Gasteiger partial charge in [-0.1, -0.05) is 12.1 Å². The van der Waals surface area contributed by atoms with E-state index in [4.69, 9.17) is 14.2 Å². The van der Waals surface area contributed by atoms with Crippen LogP contribution in [0.2, 0.25) is 0 Å². The van der Waals surface area contributed by atoms with Gasteiger partial charge in [0, 0.05) is 7.05 Å². The van der Waals surface area contributed by atoms with E-state index in [1.165, 1.54) is 19.1 Å². The van der Waals surface area contributed by atoms with E-state index in [0.717, 1.165) is 0 Å². The quantitative estimate of drug-likeness (QED) is 0.713. The summed E-state index contributed by atoms with van der Waals surface area (Å²) in [6.45, 7) is 3.52. The fourth-order valence-corrected chi connectivity index (χ4v) is 1.75. The molecule has 0 saturated carbocycles. The maximum Gasteiger partial charge on any atom is 0.325 e. The number of carbonyl (C=O) groups excluding carboxylic acids is 2. The van der Waals surface area contributed by atoms with Gasteiger partial charge in [0.15, 0.2) is 17.6 Å². The highest BCUT2D eigenvalue weighted by Gasteiger charge is 2.22. The Kier molecular flexibility index (Phi) is 6.52. The van der Waals surface area contributed by atoms with Gasteiger partial charge in [0.2, 0.25) is 0 Å². The summed E-state index contributed by atoms with van der Waals surface area (Å²) in [5.41, 5.74) is 0. The van der Waals surface area contributed by atoms with Crippen LogP contribution in [-0.2, 0) is 14.3 Å². The second-order valence-corrected chi connectivity index (χ2v) is 4.41. The molecule has 0 aromatic heterocycles. The lowest BCUT2D eigenvalue weighted by Gasteiger charge is -2.22. The largest absolute Gasteiger partial charge is 0.493 e. The zero-order valence-corrected chi connectivity index (χ0v) is 12.8. The summed E-state index contributed by atoms with van der Waals surface area (Å²) in [6, 6.07) is 7.06. The summed E-state index contributed by atoms with van der Waals surface area (Å²) in [6.07, 6.45) is -0.735. The molecule has 116 valence electrons. The Morgan fingerprint density at radius 1 is 1.24 bits per heavy atom. The molecule has 1 aromatic carbocycles. The second kappa shape index (κ2) is 8.14. The molecule has 0 saturated heterocycles. The number of amides is 1. The molecule has 0 aliphatic carbocycles. The third-order valence-corrected chi connectivity index (χ3v) is 2.77. The molecule has 6 heteroatoms. The van der Waals surface area contributed by atoms with Crippen LogP contribution in [-0.4, -0.2) is 50.2 Å². The van der Waals surface area contributed by atoms with Gasteiger partial charge in [0.1, 0.15) is 6.54 Å². The first-order chi connectivity index (χ1) is 9.99. The van der Waals surface area contributed by atoms with E-state index in [-0.39, 0.29) is 19.1 Å². The zero-order valence-electron chi connectivity index (χ0n) is 12.8. The van der Waals surface area contributed by atoms with Gasteiger partial charge in [0.25, 0.3) is 5.91 Å².